The van der Waals surface area contributed by atoms with Crippen molar-refractivity contribution in [2.75, 3.05) is 18.6 Å². The van der Waals surface area contributed by atoms with Crippen molar-refractivity contribution in [2.24, 2.45) is 5.73 Å². The van der Waals surface area contributed by atoms with E-state index in [1.54, 1.807) is 0 Å². The molecule has 1 aromatic carbocycles. The van der Waals surface area contributed by atoms with Crippen molar-refractivity contribution >= 4 is 32.9 Å². The van der Waals surface area contributed by atoms with Crippen LogP contribution in [0.4, 0.5) is 19.3 Å². The van der Waals surface area contributed by atoms with Crippen molar-refractivity contribution in [1.29, 1.82) is 5.41 Å². The van der Waals surface area contributed by atoms with E-state index in [9.17, 15) is 18.4 Å². The summed E-state index contributed by atoms with van der Waals surface area (Å²) in [6.07, 6.45) is 0. The summed E-state index contributed by atoms with van der Waals surface area (Å²) in [6.45, 7) is 1.30. The van der Waals surface area contributed by atoms with Gasteiger partial charge in [-0.2, -0.15) is 8.78 Å². The van der Waals surface area contributed by atoms with E-state index in [2.05, 4.69) is 4.74 Å². The number of allylic oxidation sites excluding steroid dienone is 1. The molecule has 2 rings (SSSR count). The second-order valence-electron chi connectivity index (χ2n) is 5.31. The van der Waals surface area contributed by atoms with E-state index in [-0.39, 0.29) is 29.3 Å². The smallest absolute Gasteiger partial charge is 0.337 e. The van der Waals surface area contributed by atoms with E-state index in [1.807, 2.05) is 0 Å². The Kier molecular flexibility index (Phi) is 5.08. The van der Waals surface area contributed by atoms with Crippen LogP contribution in [-0.2, 0) is 15.2 Å². The molecule has 0 bridgehead atoms. The van der Waals surface area contributed by atoms with Gasteiger partial charge in [0.1, 0.15) is 0 Å². The second kappa shape index (κ2) is 6.76. The average molecular weight is 370 g/mol. The molecule has 1 heterocycles. The summed E-state index contributed by atoms with van der Waals surface area (Å²) < 4.78 is 31.9. The van der Waals surface area contributed by atoms with E-state index in [1.165, 1.54) is 52.4 Å². The van der Waals surface area contributed by atoms with Crippen LogP contribution in [0.15, 0.2) is 35.5 Å². The van der Waals surface area contributed by atoms with Gasteiger partial charge in [-0.3, -0.25) is 15.2 Å². The maximum absolute atomic E-state index is 13.6. The zero-order chi connectivity index (χ0) is 18.9. The minimum Gasteiger partial charge on any atom is -0.466 e. The van der Waals surface area contributed by atoms with Crippen LogP contribution in [0.1, 0.15) is 12.5 Å². The number of anilines is 1. The summed E-state index contributed by atoms with van der Waals surface area (Å²) in [5.41, 5.74) is 2.38. The number of primary amides is 1. The molecular weight excluding hydrogens is 353 g/mol. The molecule has 0 saturated carbocycles. The molecule has 1 aromatic rings. The fourth-order valence-electron chi connectivity index (χ4n) is 2.45. The molecule has 0 radical (unpaired) electrons. The Morgan fingerprint density at radius 2 is 2.04 bits per heavy atom. The Balaban J connectivity index is 2.61. The zero-order valence-corrected chi connectivity index (χ0v) is 14.7. The van der Waals surface area contributed by atoms with Crippen molar-refractivity contribution in [3.63, 3.8) is 0 Å². The summed E-state index contributed by atoms with van der Waals surface area (Å²) >= 11 is 0. The largest absolute Gasteiger partial charge is 0.466 e. The van der Waals surface area contributed by atoms with Crippen LogP contribution < -0.4 is 10.6 Å². The molecular formula is C15H17F2N4O3P. The van der Waals surface area contributed by atoms with Gasteiger partial charge < -0.3 is 10.5 Å². The zero-order valence-electron chi connectivity index (χ0n) is 13.5. The predicted molar refractivity (Wildman–Crippen MR) is 91.3 cm³/mol. The minimum atomic E-state index is -3.17. The molecule has 0 aromatic heterocycles. The second-order valence-corrected chi connectivity index (χ2v) is 6.04. The standard InChI is InChI=1S/C15H17F2N4O3P/c1-8-11(12(22)24-2)7-20(14(19)23)13(18)21(8)10-5-3-4-9(6-10)15(16,17)25/h3-6,18H,7,25H2,1-2H3,(H2,19,23). The maximum atomic E-state index is 13.6. The Hall–Kier alpha value is -2.54. The quantitative estimate of drug-likeness (QED) is 0.629. The number of hydrogen-bond donors (Lipinski definition) is 2. The molecule has 10 heteroatoms. The third kappa shape index (κ3) is 3.61. The van der Waals surface area contributed by atoms with Crippen LogP contribution in [0.3, 0.4) is 0 Å². The van der Waals surface area contributed by atoms with Crippen LogP contribution in [0.5, 0.6) is 0 Å². The van der Waals surface area contributed by atoms with Gasteiger partial charge >= 0.3 is 12.0 Å². The number of nitrogens with zero attached hydrogens (tertiary/aromatic N) is 2. The van der Waals surface area contributed by atoms with E-state index in [0.29, 0.717) is 5.70 Å². The highest BCUT2D eigenvalue weighted by Gasteiger charge is 2.35. The number of methoxy groups -OCH3 is 1. The molecule has 1 atom stereocenters. The molecule has 0 saturated heterocycles. The van der Waals surface area contributed by atoms with Gasteiger partial charge in [0, 0.05) is 16.9 Å². The number of halogens is 2. The number of carbonyl (C=O) groups is 2. The lowest BCUT2D eigenvalue weighted by molar-refractivity contribution is -0.136. The van der Waals surface area contributed by atoms with Gasteiger partial charge in [0.2, 0.25) is 5.96 Å². The normalized spacial score (nSPS) is 15.5. The number of amides is 2. The molecule has 2 amide bonds. The number of rotatable bonds is 3. The van der Waals surface area contributed by atoms with E-state index in [0.717, 1.165) is 4.90 Å². The summed E-state index contributed by atoms with van der Waals surface area (Å²) in [7, 11) is 2.61. The number of benzene rings is 1. The monoisotopic (exact) mass is 370 g/mol. The van der Waals surface area contributed by atoms with Gasteiger partial charge in [-0.1, -0.05) is 21.4 Å². The molecule has 0 aliphatic carbocycles. The molecule has 1 aliphatic rings. The van der Waals surface area contributed by atoms with Gasteiger partial charge in [-0.15, -0.1) is 0 Å². The van der Waals surface area contributed by atoms with Gasteiger partial charge in [0.25, 0.3) is 5.66 Å². The number of alkyl halides is 2. The third-order valence-electron chi connectivity index (χ3n) is 3.74. The predicted octanol–water partition coefficient (Wildman–Crippen LogP) is 2.19. The number of nitrogens with two attached hydrogens (primary N) is 1. The third-order valence-corrected chi connectivity index (χ3v) is 4.08. The lowest BCUT2D eigenvalue weighted by Gasteiger charge is -2.37. The fourth-order valence-corrected chi connectivity index (χ4v) is 2.63. The average Bonchev–Trinajstić information content (AvgIpc) is 2.53. The van der Waals surface area contributed by atoms with Crippen LogP contribution >= 0.6 is 9.24 Å². The van der Waals surface area contributed by atoms with Gasteiger partial charge in [0.05, 0.1) is 19.2 Å². The van der Waals surface area contributed by atoms with Gasteiger partial charge in [0.15, 0.2) is 0 Å². The molecule has 1 aliphatic heterocycles. The summed E-state index contributed by atoms with van der Waals surface area (Å²) in [4.78, 5) is 25.6. The number of esters is 1. The van der Waals surface area contributed by atoms with E-state index < -0.39 is 17.7 Å². The lowest BCUT2D eigenvalue weighted by Crippen LogP contribution is -2.54. The first-order chi connectivity index (χ1) is 11.6. The van der Waals surface area contributed by atoms with Gasteiger partial charge in [-0.05, 0) is 19.1 Å². The number of hydrogen-bond acceptors (Lipinski definition) is 4. The summed E-state index contributed by atoms with van der Waals surface area (Å²) in [5, 5.41) is 8.19. The van der Waals surface area contributed by atoms with Crippen molar-refractivity contribution in [3.8, 4) is 0 Å². The molecule has 0 fully saturated rings. The first kappa shape index (κ1) is 18.8. The first-order valence-electron chi connectivity index (χ1n) is 7.09. The summed E-state index contributed by atoms with van der Waals surface area (Å²) in [5.74, 6) is -1.05. The molecule has 25 heavy (non-hydrogen) atoms. The topological polar surface area (TPSA) is 99.7 Å². The van der Waals surface area contributed by atoms with Crippen LogP contribution in [-0.4, -0.2) is 36.5 Å². The summed E-state index contributed by atoms with van der Waals surface area (Å²) in [6, 6.07) is 4.33. The van der Waals surface area contributed by atoms with Crippen molar-refractivity contribution in [2.45, 2.75) is 12.6 Å². The number of carbonyl (C=O) groups excluding carboxylic acids is 2. The molecule has 7 nitrogen and oxygen atoms in total. The molecule has 134 valence electrons. The molecule has 3 N–H and O–H groups in total. The van der Waals surface area contributed by atoms with Crippen LogP contribution in [0.25, 0.3) is 0 Å². The molecule has 0 spiro atoms. The number of nitrogens with one attached hydrogen (secondary N) is 1. The number of urea groups is 1. The Bertz CT molecular complexity index is 776. The number of guanidine groups is 1. The lowest BCUT2D eigenvalue weighted by atomic mass is 10.1. The Labute approximate surface area is 145 Å². The SMILES string of the molecule is COC(=O)C1=C(C)N(c2cccc(C(F)(F)P)c2)C(=N)N(C(N)=O)C1. The van der Waals surface area contributed by atoms with E-state index >= 15 is 0 Å². The Morgan fingerprint density at radius 3 is 2.56 bits per heavy atom. The van der Waals surface area contributed by atoms with Crippen LogP contribution in [0, 0.1) is 5.41 Å². The van der Waals surface area contributed by atoms with Crippen LogP contribution in [0.2, 0.25) is 0 Å². The Morgan fingerprint density at radius 1 is 1.40 bits per heavy atom. The van der Waals surface area contributed by atoms with Crippen molar-refractivity contribution < 1.29 is 23.1 Å². The van der Waals surface area contributed by atoms with Gasteiger partial charge in [-0.25, -0.2) is 9.59 Å². The highest BCUT2D eigenvalue weighted by atomic mass is 31.0. The highest BCUT2D eigenvalue weighted by molar-refractivity contribution is 7.17. The van der Waals surface area contributed by atoms with E-state index in [4.69, 9.17) is 11.1 Å². The maximum Gasteiger partial charge on any atom is 0.337 e. The first-order valence-corrected chi connectivity index (χ1v) is 7.66. The van der Waals surface area contributed by atoms with Crippen molar-refractivity contribution in [3.05, 3.63) is 41.1 Å². The fraction of sp³-hybridized carbons (Fsp3) is 0.267. The minimum absolute atomic E-state index is 0.0975. The molecule has 1 unspecified atom stereocenters. The highest BCUT2D eigenvalue weighted by Crippen LogP contribution is 2.37. The van der Waals surface area contributed by atoms with Crippen molar-refractivity contribution in [1.82, 2.24) is 4.90 Å². The number of ether oxygens (including phenoxy) is 1.